The first-order chi connectivity index (χ1) is 10.1. The second kappa shape index (κ2) is 7.78. The molecule has 0 spiro atoms. The van der Waals surface area contributed by atoms with Crippen LogP contribution in [-0.4, -0.2) is 50.4 Å². The van der Waals surface area contributed by atoms with Crippen molar-refractivity contribution >= 4 is 0 Å². The van der Waals surface area contributed by atoms with E-state index in [2.05, 4.69) is 43.1 Å². The zero-order valence-electron chi connectivity index (χ0n) is 13.6. The van der Waals surface area contributed by atoms with Gasteiger partial charge in [-0.15, -0.1) is 0 Å². The first-order valence-electron chi connectivity index (χ1n) is 7.83. The Morgan fingerprint density at radius 3 is 2.90 bits per heavy atom. The average molecular weight is 292 g/mol. The van der Waals surface area contributed by atoms with Crippen LogP contribution >= 0.6 is 0 Å². The summed E-state index contributed by atoms with van der Waals surface area (Å²) in [6.45, 7) is 10.4. The van der Waals surface area contributed by atoms with Crippen LogP contribution < -0.4 is 10.1 Å². The maximum atomic E-state index is 5.86. The number of rotatable bonds is 6. The molecule has 1 aliphatic heterocycles. The van der Waals surface area contributed by atoms with Crippen LogP contribution in [-0.2, 0) is 4.74 Å². The molecule has 2 atom stereocenters. The Hall–Kier alpha value is -1.10. The Morgan fingerprint density at radius 2 is 2.19 bits per heavy atom. The van der Waals surface area contributed by atoms with E-state index in [1.54, 1.807) is 7.11 Å². The molecule has 0 saturated carbocycles. The summed E-state index contributed by atoms with van der Waals surface area (Å²) >= 11 is 0. The lowest BCUT2D eigenvalue weighted by atomic mass is 10.1. The predicted molar refractivity (Wildman–Crippen MR) is 85.9 cm³/mol. The lowest BCUT2D eigenvalue weighted by molar-refractivity contribution is -0.0379. The summed E-state index contributed by atoms with van der Waals surface area (Å²) in [6.07, 6.45) is 0.272. The number of benzene rings is 1. The maximum absolute atomic E-state index is 5.86. The van der Waals surface area contributed by atoms with Gasteiger partial charge in [-0.3, -0.25) is 4.90 Å². The monoisotopic (exact) mass is 292 g/mol. The van der Waals surface area contributed by atoms with Crippen molar-refractivity contribution in [2.45, 2.75) is 39.0 Å². The molecule has 1 fully saturated rings. The minimum Gasteiger partial charge on any atom is -0.497 e. The lowest BCUT2D eigenvalue weighted by Crippen LogP contribution is -2.49. The van der Waals surface area contributed by atoms with Crippen LogP contribution in [0.15, 0.2) is 24.3 Å². The molecular formula is C17H28N2O2. The molecule has 0 bridgehead atoms. The number of methoxy groups -OCH3 is 1. The van der Waals surface area contributed by atoms with E-state index in [1.807, 2.05) is 12.1 Å². The fraction of sp³-hybridized carbons (Fsp3) is 0.647. The van der Waals surface area contributed by atoms with E-state index in [1.165, 1.54) is 5.56 Å². The second-order valence-corrected chi connectivity index (χ2v) is 5.99. The van der Waals surface area contributed by atoms with Gasteiger partial charge in [0.1, 0.15) is 5.75 Å². The molecule has 21 heavy (non-hydrogen) atoms. The smallest absolute Gasteiger partial charge is 0.119 e. The summed E-state index contributed by atoms with van der Waals surface area (Å²) in [5.74, 6) is 0.904. The number of hydrogen-bond donors (Lipinski definition) is 1. The van der Waals surface area contributed by atoms with Crippen LogP contribution in [0.3, 0.4) is 0 Å². The Bertz CT molecular complexity index is 437. The standard InChI is InChI=1S/C17H28N2O2/c1-13(2)19-8-9-21-17(12-19)11-18-14(3)15-6-5-7-16(10-15)20-4/h5-7,10,13-14,17-18H,8-9,11-12H2,1-4H3/t14-,17?/m1/s1. The summed E-state index contributed by atoms with van der Waals surface area (Å²) in [5, 5.41) is 3.57. The van der Waals surface area contributed by atoms with Gasteiger partial charge in [0.25, 0.3) is 0 Å². The molecule has 4 heteroatoms. The largest absolute Gasteiger partial charge is 0.497 e. The van der Waals surface area contributed by atoms with Gasteiger partial charge in [0.15, 0.2) is 0 Å². The molecule has 1 saturated heterocycles. The molecular weight excluding hydrogens is 264 g/mol. The van der Waals surface area contributed by atoms with Gasteiger partial charge in [0, 0.05) is 31.7 Å². The highest BCUT2D eigenvalue weighted by Crippen LogP contribution is 2.19. The number of hydrogen-bond acceptors (Lipinski definition) is 4. The predicted octanol–water partition coefficient (Wildman–Crippen LogP) is 2.46. The molecule has 0 aliphatic carbocycles. The maximum Gasteiger partial charge on any atom is 0.119 e. The van der Waals surface area contributed by atoms with E-state index in [-0.39, 0.29) is 12.1 Å². The summed E-state index contributed by atoms with van der Waals surface area (Å²) in [7, 11) is 1.70. The Balaban J connectivity index is 1.84. The molecule has 1 aliphatic rings. The quantitative estimate of drug-likeness (QED) is 0.873. The first-order valence-corrected chi connectivity index (χ1v) is 7.83. The fourth-order valence-corrected chi connectivity index (χ4v) is 2.67. The minimum atomic E-state index is 0.272. The van der Waals surface area contributed by atoms with Crippen molar-refractivity contribution in [3.05, 3.63) is 29.8 Å². The zero-order chi connectivity index (χ0) is 15.2. The van der Waals surface area contributed by atoms with Gasteiger partial charge in [-0.2, -0.15) is 0 Å². The number of morpholine rings is 1. The van der Waals surface area contributed by atoms with E-state index in [0.29, 0.717) is 6.04 Å². The first kappa shape index (κ1) is 16.3. The van der Waals surface area contributed by atoms with Crippen molar-refractivity contribution in [3.8, 4) is 5.75 Å². The molecule has 1 aromatic carbocycles. The Kier molecular flexibility index (Phi) is 6.03. The molecule has 0 aromatic heterocycles. The van der Waals surface area contributed by atoms with Crippen molar-refractivity contribution in [1.29, 1.82) is 0 Å². The third-order valence-electron chi connectivity index (χ3n) is 4.15. The third kappa shape index (κ3) is 4.70. The third-order valence-corrected chi connectivity index (χ3v) is 4.15. The average Bonchev–Trinajstić information content (AvgIpc) is 2.53. The van der Waals surface area contributed by atoms with E-state index < -0.39 is 0 Å². The highest BCUT2D eigenvalue weighted by atomic mass is 16.5. The molecule has 0 amide bonds. The van der Waals surface area contributed by atoms with Gasteiger partial charge in [0.2, 0.25) is 0 Å². The van der Waals surface area contributed by atoms with E-state index in [4.69, 9.17) is 9.47 Å². The second-order valence-electron chi connectivity index (χ2n) is 5.99. The fourth-order valence-electron chi connectivity index (χ4n) is 2.67. The van der Waals surface area contributed by atoms with Crippen molar-refractivity contribution in [2.75, 3.05) is 33.4 Å². The summed E-state index contributed by atoms with van der Waals surface area (Å²) in [5.41, 5.74) is 1.24. The summed E-state index contributed by atoms with van der Waals surface area (Å²) < 4.78 is 11.1. The van der Waals surface area contributed by atoms with E-state index in [0.717, 1.165) is 32.0 Å². The van der Waals surface area contributed by atoms with Gasteiger partial charge in [0.05, 0.1) is 19.8 Å². The molecule has 1 aromatic rings. The topological polar surface area (TPSA) is 33.7 Å². The summed E-state index contributed by atoms with van der Waals surface area (Å²) in [6, 6.07) is 9.10. The van der Waals surface area contributed by atoms with Gasteiger partial charge < -0.3 is 14.8 Å². The highest BCUT2D eigenvalue weighted by molar-refractivity contribution is 5.30. The van der Waals surface area contributed by atoms with Crippen LogP contribution in [0.2, 0.25) is 0 Å². The van der Waals surface area contributed by atoms with Crippen molar-refractivity contribution in [1.82, 2.24) is 10.2 Å². The zero-order valence-corrected chi connectivity index (χ0v) is 13.6. The van der Waals surface area contributed by atoms with Crippen molar-refractivity contribution in [3.63, 3.8) is 0 Å². The lowest BCUT2D eigenvalue weighted by Gasteiger charge is -2.36. The van der Waals surface area contributed by atoms with Crippen LogP contribution in [0.4, 0.5) is 0 Å². The van der Waals surface area contributed by atoms with E-state index in [9.17, 15) is 0 Å². The van der Waals surface area contributed by atoms with Gasteiger partial charge in [-0.25, -0.2) is 0 Å². The molecule has 4 nitrogen and oxygen atoms in total. The summed E-state index contributed by atoms with van der Waals surface area (Å²) in [4.78, 5) is 2.48. The SMILES string of the molecule is COc1cccc([C@@H](C)NCC2CN(C(C)C)CCO2)c1. The van der Waals surface area contributed by atoms with Gasteiger partial charge >= 0.3 is 0 Å². The minimum absolute atomic E-state index is 0.272. The Morgan fingerprint density at radius 1 is 1.38 bits per heavy atom. The number of nitrogens with zero attached hydrogens (tertiary/aromatic N) is 1. The van der Waals surface area contributed by atoms with Crippen LogP contribution in [0.5, 0.6) is 5.75 Å². The molecule has 1 unspecified atom stereocenters. The molecule has 2 rings (SSSR count). The molecule has 118 valence electrons. The van der Waals surface area contributed by atoms with Gasteiger partial charge in [-0.1, -0.05) is 12.1 Å². The van der Waals surface area contributed by atoms with Gasteiger partial charge in [-0.05, 0) is 38.5 Å². The number of ether oxygens (including phenoxy) is 2. The van der Waals surface area contributed by atoms with E-state index >= 15 is 0 Å². The Labute approximate surface area is 128 Å². The highest BCUT2D eigenvalue weighted by Gasteiger charge is 2.22. The molecule has 1 heterocycles. The van der Waals surface area contributed by atoms with Crippen molar-refractivity contribution < 1.29 is 9.47 Å². The molecule has 1 N–H and O–H groups in total. The van der Waals surface area contributed by atoms with Crippen LogP contribution in [0.25, 0.3) is 0 Å². The number of nitrogens with one attached hydrogen (secondary N) is 1. The normalized spacial score (nSPS) is 21.5. The molecule has 0 radical (unpaired) electrons. The van der Waals surface area contributed by atoms with Crippen LogP contribution in [0.1, 0.15) is 32.4 Å². The van der Waals surface area contributed by atoms with Crippen LogP contribution in [0, 0.1) is 0 Å². The van der Waals surface area contributed by atoms with Crippen molar-refractivity contribution in [2.24, 2.45) is 0 Å².